The zero-order valence-electron chi connectivity index (χ0n) is 11.5. The quantitative estimate of drug-likeness (QED) is 0.675. The van der Waals surface area contributed by atoms with Gasteiger partial charge in [0.2, 0.25) is 0 Å². The van der Waals surface area contributed by atoms with E-state index >= 15 is 0 Å². The minimum atomic E-state index is -1.46. The zero-order chi connectivity index (χ0) is 15.8. The summed E-state index contributed by atoms with van der Waals surface area (Å²) in [5.41, 5.74) is 0.840. The third-order valence-corrected chi connectivity index (χ3v) is 2.77. The second-order valence-electron chi connectivity index (χ2n) is 4.31. The van der Waals surface area contributed by atoms with Crippen LogP contribution in [0.25, 0.3) is 0 Å². The average molecular weight is 295 g/mol. The molecule has 1 aromatic heterocycles. The van der Waals surface area contributed by atoms with Gasteiger partial charge in [-0.05, 0) is 24.6 Å². The first-order chi connectivity index (χ1) is 9.93. The summed E-state index contributed by atoms with van der Waals surface area (Å²) in [7, 11) is 0. The van der Waals surface area contributed by atoms with Crippen LogP contribution in [0.1, 0.15) is 18.9 Å². The highest BCUT2D eigenvalue weighted by molar-refractivity contribution is 5.86. The van der Waals surface area contributed by atoms with E-state index < -0.39 is 30.4 Å². The van der Waals surface area contributed by atoms with Gasteiger partial charge < -0.3 is 20.4 Å². The Hall–Kier alpha value is -2.64. The molecule has 0 aliphatic carbocycles. The summed E-state index contributed by atoms with van der Waals surface area (Å²) in [4.78, 5) is 38.8. The van der Waals surface area contributed by atoms with Crippen LogP contribution >= 0.6 is 0 Å². The lowest BCUT2D eigenvalue weighted by Gasteiger charge is -2.23. The van der Waals surface area contributed by atoms with Gasteiger partial charge in [-0.2, -0.15) is 0 Å². The summed E-state index contributed by atoms with van der Waals surface area (Å²) in [6, 6.07) is 1.40. The van der Waals surface area contributed by atoms with E-state index in [4.69, 9.17) is 10.2 Å². The molecule has 114 valence electrons. The lowest BCUT2D eigenvalue weighted by molar-refractivity contribution is -0.145. The molecule has 0 bridgehead atoms. The summed E-state index contributed by atoms with van der Waals surface area (Å²) in [6.07, 6.45) is 2.50. The maximum absolute atomic E-state index is 12.0. The van der Waals surface area contributed by atoms with Crippen LogP contribution in [0.5, 0.6) is 0 Å². The van der Waals surface area contributed by atoms with Crippen LogP contribution in [-0.2, 0) is 16.1 Å². The number of carboxylic acid groups (broad SMARTS) is 2. The third-order valence-electron chi connectivity index (χ3n) is 2.77. The van der Waals surface area contributed by atoms with Crippen molar-refractivity contribution in [2.24, 2.45) is 0 Å². The van der Waals surface area contributed by atoms with Gasteiger partial charge in [-0.15, -0.1) is 0 Å². The predicted molar refractivity (Wildman–Crippen MR) is 72.5 cm³/mol. The smallest absolute Gasteiger partial charge is 0.326 e. The molecular weight excluding hydrogens is 278 g/mol. The maximum Gasteiger partial charge on any atom is 0.326 e. The number of rotatable bonds is 7. The summed E-state index contributed by atoms with van der Waals surface area (Å²) >= 11 is 0. The Morgan fingerprint density at radius 1 is 1.29 bits per heavy atom. The van der Waals surface area contributed by atoms with Crippen LogP contribution in [0.4, 0.5) is 4.79 Å². The minimum Gasteiger partial charge on any atom is -0.481 e. The first kappa shape index (κ1) is 16.4. The van der Waals surface area contributed by atoms with Gasteiger partial charge in [-0.1, -0.05) is 0 Å². The first-order valence-corrected chi connectivity index (χ1v) is 6.33. The molecule has 1 rings (SSSR count). The van der Waals surface area contributed by atoms with Crippen molar-refractivity contribution in [1.29, 1.82) is 0 Å². The van der Waals surface area contributed by atoms with Crippen LogP contribution < -0.4 is 5.32 Å². The summed E-state index contributed by atoms with van der Waals surface area (Å²) in [5.74, 6) is -2.68. The van der Waals surface area contributed by atoms with E-state index in [-0.39, 0.29) is 6.54 Å². The second-order valence-corrected chi connectivity index (χ2v) is 4.31. The van der Waals surface area contributed by atoms with Crippen molar-refractivity contribution in [1.82, 2.24) is 15.2 Å². The van der Waals surface area contributed by atoms with Gasteiger partial charge in [0, 0.05) is 25.5 Å². The summed E-state index contributed by atoms with van der Waals surface area (Å²) < 4.78 is 0. The molecule has 21 heavy (non-hydrogen) atoms. The largest absolute Gasteiger partial charge is 0.481 e. The number of carboxylic acids is 2. The number of urea groups is 1. The van der Waals surface area contributed by atoms with Crippen LogP contribution in [-0.4, -0.2) is 50.7 Å². The molecule has 0 saturated heterocycles. The van der Waals surface area contributed by atoms with E-state index in [1.165, 1.54) is 4.90 Å². The number of carbonyl (C=O) groups excluding carboxylic acids is 1. The fraction of sp³-hybridized carbons (Fsp3) is 0.385. The number of nitrogens with one attached hydrogen (secondary N) is 1. The molecule has 0 unspecified atom stereocenters. The SMILES string of the molecule is CCN(Cc1ccncc1)C(=O)N[C@H](CC(=O)O)C(=O)O. The van der Waals surface area contributed by atoms with Crippen LogP contribution in [0.2, 0.25) is 0 Å². The van der Waals surface area contributed by atoms with Gasteiger partial charge >= 0.3 is 18.0 Å². The molecule has 0 saturated carbocycles. The number of nitrogens with zero attached hydrogens (tertiary/aromatic N) is 2. The Kier molecular flexibility index (Phi) is 6.12. The third kappa shape index (κ3) is 5.47. The molecule has 0 radical (unpaired) electrons. The van der Waals surface area contributed by atoms with Gasteiger partial charge in [0.15, 0.2) is 0 Å². The first-order valence-electron chi connectivity index (χ1n) is 6.33. The number of hydrogen-bond donors (Lipinski definition) is 3. The fourth-order valence-electron chi connectivity index (χ4n) is 1.65. The molecule has 2 amide bonds. The van der Waals surface area contributed by atoms with Gasteiger partial charge in [-0.25, -0.2) is 9.59 Å². The van der Waals surface area contributed by atoms with E-state index in [9.17, 15) is 14.4 Å². The molecule has 0 fully saturated rings. The van der Waals surface area contributed by atoms with Gasteiger partial charge in [-0.3, -0.25) is 9.78 Å². The van der Waals surface area contributed by atoms with Crippen molar-refractivity contribution in [2.75, 3.05) is 6.54 Å². The van der Waals surface area contributed by atoms with Crippen molar-refractivity contribution in [3.05, 3.63) is 30.1 Å². The molecule has 0 aromatic carbocycles. The van der Waals surface area contributed by atoms with E-state index in [1.807, 2.05) is 0 Å². The Morgan fingerprint density at radius 2 is 1.90 bits per heavy atom. The number of aromatic nitrogens is 1. The summed E-state index contributed by atoms with van der Waals surface area (Å²) in [5, 5.41) is 19.8. The van der Waals surface area contributed by atoms with E-state index in [0.29, 0.717) is 6.54 Å². The highest BCUT2D eigenvalue weighted by atomic mass is 16.4. The molecule has 0 aliphatic heterocycles. The molecule has 0 spiro atoms. The second kappa shape index (κ2) is 7.83. The monoisotopic (exact) mass is 295 g/mol. The van der Waals surface area contributed by atoms with Crippen molar-refractivity contribution in [2.45, 2.75) is 25.9 Å². The van der Waals surface area contributed by atoms with Crippen molar-refractivity contribution < 1.29 is 24.6 Å². The lowest BCUT2D eigenvalue weighted by atomic mass is 10.2. The van der Waals surface area contributed by atoms with Crippen molar-refractivity contribution in [3.63, 3.8) is 0 Å². The maximum atomic E-state index is 12.0. The molecule has 1 heterocycles. The number of pyridine rings is 1. The molecule has 8 nitrogen and oxygen atoms in total. The Labute approximate surface area is 121 Å². The number of carbonyl (C=O) groups is 3. The average Bonchev–Trinajstić information content (AvgIpc) is 2.44. The summed E-state index contributed by atoms with van der Waals surface area (Å²) in [6.45, 7) is 2.38. The van der Waals surface area contributed by atoms with E-state index in [2.05, 4.69) is 10.3 Å². The highest BCUT2D eigenvalue weighted by Crippen LogP contribution is 2.04. The molecule has 3 N–H and O–H groups in total. The Bertz CT molecular complexity index is 506. The molecule has 8 heteroatoms. The molecule has 1 atom stereocenters. The normalized spacial score (nSPS) is 11.5. The van der Waals surface area contributed by atoms with Crippen LogP contribution in [0.3, 0.4) is 0 Å². The minimum absolute atomic E-state index is 0.282. The Balaban J connectivity index is 2.69. The number of hydrogen-bond acceptors (Lipinski definition) is 4. The van der Waals surface area contributed by atoms with Gasteiger partial charge in [0.1, 0.15) is 6.04 Å². The predicted octanol–water partition coefficient (Wildman–Crippen LogP) is 0.541. The van der Waals surface area contributed by atoms with Crippen LogP contribution in [0, 0.1) is 0 Å². The number of amides is 2. The zero-order valence-corrected chi connectivity index (χ0v) is 11.5. The van der Waals surface area contributed by atoms with Crippen molar-refractivity contribution >= 4 is 18.0 Å². The fourth-order valence-corrected chi connectivity index (χ4v) is 1.65. The van der Waals surface area contributed by atoms with Gasteiger partial charge in [0.05, 0.1) is 6.42 Å². The lowest BCUT2D eigenvalue weighted by Crippen LogP contribution is -2.48. The Morgan fingerprint density at radius 3 is 2.38 bits per heavy atom. The molecule has 0 aliphatic rings. The molecule has 1 aromatic rings. The van der Waals surface area contributed by atoms with E-state index in [1.54, 1.807) is 31.5 Å². The number of aliphatic carboxylic acids is 2. The van der Waals surface area contributed by atoms with Crippen molar-refractivity contribution in [3.8, 4) is 0 Å². The van der Waals surface area contributed by atoms with Gasteiger partial charge in [0.25, 0.3) is 0 Å². The standard InChI is InChI=1S/C13H17N3O5/c1-2-16(8-9-3-5-14-6-4-9)13(21)15-10(12(19)20)7-11(17)18/h3-6,10H,2,7-8H2,1H3,(H,15,21)(H,17,18)(H,19,20)/t10-/m1/s1. The molecular formula is C13H17N3O5. The highest BCUT2D eigenvalue weighted by Gasteiger charge is 2.25. The topological polar surface area (TPSA) is 120 Å². The van der Waals surface area contributed by atoms with E-state index in [0.717, 1.165) is 5.56 Å². The van der Waals surface area contributed by atoms with Crippen LogP contribution in [0.15, 0.2) is 24.5 Å².